The molecule has 0 aliphatic carbocycles. The van der Waals surface area contributed by atoms with Gasteiger partial charge in [0.15, 0.2) is 0 Å². The van der Waals surface area contributed by atoms with Gasteiger partial charge >= 0.3 is 0 Å². The Bertz CT molecular complexity index is 538. The molecular formula is C12H12N4O. The molecule has 1 aromatic carbocycles. The van der Waals surface area contributed by atoms with Crippen LogP contribution in [0, 0.1) is 11.3 Å². The third kappa shape index (κ3) is 2.26. The van der Waals surface area contributed by atoms with E-state index in [2.05, 4.69) is 16.2 Å². The molecule has 1 aromatic heterocycles. The lowest BCUT2D eigenvalue weighted by Crippen LogP contribution is -2.16. The van der Waals surface area contributed by atoms with Gasteiger partial charge in [-0.05, 0) is 36.3 Å². The van der Waals surface area contributed by atoms with E-state index in [1.165, 1.54) is 0 Å². The molecule has 0 amide bonds. The van der Waals surface area contributed by atoms with E-state index in [1.54, 1.807) is 24.3 Å². The average Bonchev–Trinajstić information content (AvgIpc) is 2.87. The Balaban J connectivity index is 2.28. The van der Waals surface area contributed by atoms with Crippen molar-refractivity contribution in [1.29, 1.82) is 5.26 Å². The second kappa shape index (κ2) is 4.66. The number of hydrogen-bond donors (Lipinski definition) is 0. The molecule has 0 aliphatic rings. The van der Waals surface area contributed by atoms with Crippen LogP contribution in [0.25, 0.3) is 11.5 Å². The van der Waals surface area contributed by atoms with Crippen LogP contribution in [0.2, 0.25) is 0 Å². The zero-order valence-corrected chi connectivity index (χ0v) is 9.71. The Morgan fingerprint density at radius 1 is 1.35 bits per heavy atom. The van der Waals surface area contributed by atoms with Gasteiger partial charge in [0, 0.05) is 19.2 Å². The van der Waals surface area contributed by atoms with Gasteiger partial charge in [-0.3, -0.25) is 0 Å². The molecule has 2 aromatic rings. The number of anilines is 1. The van der Waals surface area contributed by atoms with E-state index in [-0.39, 0.29) is 0 Å². The van der Waals surface area contributed by atoms with Crippen molar-refractivity contribution in [3.05, 3.63) is 29.8 Å². The summed E-state index contributed by atoms with van der Waals surface area (Å²) in [5.74, 6) is 1.02. The first-order valence-corrected chi connectivity index (χ1v) is 5.30. The van der Waals surface area contributed by atoms with Gasteiger partial charge in [0.25, 0.3) is 11.8 Å². The Labute approximate surface area is 99.3 Å². The molecule has 2 rings (SSSR count). The van der Waals surface area contributed by atoms with Gasteiger partial charge in [0.1, 0.15) is 0 Å². The summed E-state index contributed by atoms with van der Waals surface area (Å²) < 4.78 is 5.16. The number of rotatable bonds is 3. The highest BCUT2D eigenvalue weighted by molar-refractivity contribution is 5.55. The lowest BCUT2D eigenvalue weighted by Gasteiger charge is -2.08. The van der Waals surface area contributed by atoms with Crippen LogP contribution in [0.15, 0.2) is 28.8 Å². The molecule has 0 saturated heterocycles. The van der Waals surface area contributed by atoms with Crippen LogP contribution < -0.4 is 4.90 Å². The maximum absolute atomic E-state index is 8.70. The molecule has 0 spiro atoms. The first-order valence-electron chi connectivity index (χ1n) is 5.30. The van der Waals surface area contributed by atoms with Crippen molar-refractivity contribution in [2.24, 2.45) is 0 Å². The molecule has 5 heteroatoms. The zero-order valence-electron chi connectivity index (χ0n) is 9.71. The van der Waals surface area contributed by atoms with Crippen LogP contribution in [-0.2, 0) is 0 Å². The number of hydrogen-bond acceptors (Lipinski definition) is 5. The van der Waals surface area contributed by atoms with Crippen molar-refractivity contribution in [3.8, 4) is 17.5 Å². The summed E-state index contributed by atoms with van der Waals surface area (Å²) in [6.45, 7) is 2.82. The van der Waals surface area contributed by atoms with Crippen molar-refractivity contribution in [2.45, 2.75) is 6.92 Å². The summed E-state index contributed by atoms with van der Waals surface area (Å²) in [5.41, 5.74) is 1.42. The smallest absolute Gasteiger partial charge is 0.266 e. The van der Waals surface area contributed by atoms with E-state index in [9.17, 15) is 0 Å². The lowest BCUT2D eigenvalue weighted by atomic mass is 10.1. The average molecular weight is 228 g/mol. The van der Waals surface area contributed by atoms with E-state index in [0.29, 0.717) is 17.4 Å². The van der Waals surface area contributed by atoms with Gasteiger partial charge in [-0.2, -0.15) is 10.2 Å². The minimum atomic E-state index is 0.463. The molecule has 0 saturated carbocycles. The summed E-state index contributed by atoms with van der Waals surface area (Å²) >= 11 is 0. The van der Waals surface area contributed by atoms with Gasteiger partial charge in [-0.15, -0.1) is 0 Å². The summed E-state index contributed by atoms with van der Waals surface area (Å²) in [6.07, 6.45) is 0. The van der Waals surface area contributed by atoms with Crippen molar-refractivity contribution in [3.63, 3.8) is 0 Å². The predicted molar refractivity (Wildman–Crippen MR) is 63.4 cm³/mol. The van der Waals surface area contributed by atoms with E-state index in [0.717, 1.165) is 12.1 Å². The third-order valence-electron chi connectivity index (χ3n) is 2.49. The quantitative estimate of drug-likeness (QED) is 0.804. The minimum absolute atomic E-state index is 0.463. The first-order chi connectivity index (χ1) is 8.24. The highest BCUT2D eigenvalue weighted by Crippen LogP contribution is 2.19. The highest BCUT2D eigenvalue weighted by atomic mass is 16.5. The predicted octanol–water partition coefficient (Wildman–Crippen LogP) is 2.06. The van der Waals surface area contributed by atoms with Crippen molar-refractivity contribution in [1.82, 2.24) is 10.1 Å². The topological polar surface area (TPSA) is 66.0 Å². The fraction of sp³-hybridized carbons (Fsp3) is 0.250. The second-order valence-corrected chi connectivity index (χ2v) is 3.60. The maximum atomic E-state index is 8.70. The molecule has 0 atom stereocenters. The second-order valence-electron chi connectivity index (χ2n) is 3.60. The molecule has 0 unspecified atom stereocenters. The van der Waals surface area contributed by atoms with Crippen LogP contribution >= 0.6 is 0 Å². The number of nitrogens with zero attached hydrogens (tertiary/aromatic N) is 4. The van der Waals surface area contributed by atoms with Crippen molar-refractivity contribution < 1.29 is 4.52 Å². The maximum Gasteiger partial charge on any atom is 0.266 e. The number of aromatic nitrogens is 2. The minimum Gasteiger partial charge on any atom is -0.342 e. The Morgan fingerprint density at radius 3 is 2.65 bits per heavy atom. The number of benzene rings is 1. The molecule has 0 N–H and O–H groups in total. The van der Waals surface area contributed by atoms with Gasteiger partial charge in [0.05, 0.1) is 11.6 Å². The summed E-state index contributed by atoms with van der Waals surface area (Å²) in [5, 5.41) is 12.6. The molecule has 0 aliphatic heterocycles. The standard InChI is InChI=1S/C12H12N4O/c1-3-16(2)12-14-11(17-15-12)10-6-4-9(8-13)5-7-10/h4-7H,3H2,1-2H3. The van der Waals surface area contributed by atoms with Gasteiger partial charge in [-0.1, -0.05) is 0 Å². The molecule has 1 heterocycles. The van der Waals surface area contributed by atoms with E-state index < -0.39 is 0 Å². The van der Waals surface area contributed by atoms with Gasteiger partial charge in [0.2, 0.25) is 0 Å². The van der Waals surface area contributed by atoms with Crippen molar-refractivity contribution >= 4 is 5.95 Å². The Morgan fingerprint density at radius 2 is 2.06 bits per heavy atom. The van der Waals surface area contributed by atoms with Crippen LogP contribution in [-0.4, -0.2) is 23.7 Å². The Hall–Kier alpha value is -2.35. The van der Waals surface area contributed by atoms with Crippen molar-refractivity contribution in [2.75, 3.05) is 18.5 Å². The third-order valence-corrected chi connectivity index (χ3v) is 2.49. The fourth-order valence-electron chi connectivity index (χ4n) is 1.32. The van der Waals surface area contributed by atoms with Gasteiger partial charge in [-0.25, -0.2) is 0 Å². The van der Waals surface area contributed by atoms with E-state index >= 15 is 0 Å². The molecule has 86 valence electrons. The molecule has 0 radical (unpaired) electrons. The summed E-state index contributed by atoms with van der Waals surface area (Å²) in [7, 11) is 1.90. The van der Waals surface area contributed by atoms with Crippen LogP contribution in [0.4, 0.5) is 5.95 Å². The monoisotopic (exact) mass is 228 g/mol. The number of nitriles is 1. The van der Waals surface area contributed by atoms with E-state index in [1.807, 2.05) is 18.9 Å². The first kappa shape index (κ1) is 11.1. The Kier molecular flexibility index (Phi) is 3.06. The fourth-order valence-corrected chi connectivity index (χ4v) is 1.32. The van der Waals surface area contributed by atoms with Crippen LogP contribution in [0.5, 0.6) is 0 Å². The molecule has 0 fully saturated rings. The normalized spacial score (nSPS) is 9.94. The largest absolute Gasteiger partial charge is 0.342 e. The zero-order chi connectivity index (χ0) is 12.3. The highest BCUT2D eigenvalue weighted by Gasteiger charge is 2.10. The molecular weight excluding hydrogens is 216 g/mol. The van der Waals surface area contributed by atoms with Gasteiger partial charge < -0.3 is 9.42 Å². The summed E-state index contributed by atoms with van der Waals surface area (Å²) in [4.78, 5) is 6.16. The molecule has 5 nitrogen and oxygen atoms in total. The molecule has 0 bridgehead atoms. The lowest BCUT2D eigenvalue weighted by molar-refractivity contribution is 0.430. The van der Waals surface area contributed by atoms with E-state index in [4.69, 9.17) is 9.78 Å². The molecule has 17 heavy (non-hydrogen) atoms. The SMILES string of the molecule is CCN(C)c1noc(-c2ccc(C#N)cc2)n1. The van der Waals surface area contributed by atoms with Crippen LogP contribution in [0.1, 0.15) is 12.5 Å². The van der Waals surface area contributed by atoms with Crippen LogP contribution in [0.3, 0.4) is 0 Å². The summed E-state index contributed by atoms with van der Waals surface area (Å²) in [6, 6.07) is 9.10.